The lowest BCUT2D eigenvalue weighted by Gasteiger charge is -2.30. The van der Waals surface area contributed by atoms with Crippen LogP contribution in [0.1, 0.15) is 64.5 Å². The van der Waals surface area contributed by atoms with E-state index in [9.17, 15) is 10.1 Å². The topological polar surface area (TPSA) is 79.1 Å². The van der Waals surface area contributed by atoms with Crippen molar-refractivity contribution in [3.8, 4) is 23.1 Å². The second kappa shape index (κ2) is 9.99. The minimum absolute atomic E-state index is 0.117. The van der Waals surface area contributed by atoms with Gasteiger partial charge in [0.25, 0.3) is 0 Å². The van der Waals surface area contributed by atoms with Crippen molar-refractivity contribution in [1.29, 1.82) is 5.26 Å². The largest absolute Gasteiger partial charge is 0.494 e. The van der Waals surface area contributed by atoms with Crippen LogP contribution >= 0.6 is 0 Å². The third-order valence-corrected chi connectivity index (χ3v) is 6.41. The summed E-state index contributed by atoms with van der Waals surface area (Å²) in [6.07, 6.45) is 5.24. The standard InChI is InChI=1S/C27H32N4O2/c1-4-15-33-22-13-14-23-24(17-28)26(31(25(23)16-22)21-7-6-8-21)19-9-11-20(12-10-19)30-27(32)29-18(3)5-2/h9-14,16,18,21H,4-8,15H2,1-3H3,(H2,29,30,32). The molecule has 1 saturated carbocycles. The second-order valence-corrected chi connectivity index (χ2v) is 8.80. The van der Waals surface area contributed by atoms with Crippen molar-refractivity contribution in [3.63, 3.8) is 0 Å². The van der Waals surface area contributed by atoms with Crippen LogP contribution in [0.3, 0.4) is 0 Å². The molecule has 1 fully saturated rings. The van der Waals surface area contributed by atoms with Gasteiger partial charge in [0.2, 0.25) is 0 Å². The van der Waals surface area contributed by atoms with E-state index in [0.717, 1.165) is 59.3 Å². The van der Waals surface area contributed by atoms with Gasteiger partial charge >= 0.3 is 6.03 Å². The Hall–Kier alpha value is -3.46. The zero-order valence-corrected chi connectivity index (χ0v) is 19.6. The van der Waals surface area contributed by atoms with Crippen LogP contribution in [0.4, 0.5) is 10.5 Å². The molecule has 0 bridgehead atoms. The van der Waals surface area contributed by atoms with Gasteiger partial charge in [0.15, 0.2) is 0 Å². The monoisotopic (exact) mass is 444 g/mol. The first kappa shape index (κ1) is 22.7. The normalized spacial score (nSPS) is 14.4. The Morgan fingerprint density at radius 2 is 1.97 bits per heavy atom. The molecule has 0 saturated heterocycles. The number of nitriles is 1. The summed E-state index contributed by atoms with van der Waals surface area (Å²) >= 11 is 0. The number of ether oxygens (including phenoxy) is 1. The van der Waals surface area contributed by atoms with E-state index in [-0.39, 0.29) is 12.1 Å². The predicted octanol–water partition coefficient (Wildman–Crippen LogP) is 6.61. The molecule has 1 atom stereocenters. The number of hydrogen-bond donors (Lipinski definition) is 2. The summed E-state index contributed by atoms with van der Waals surface area (Å²) in [5, 5.41) is 16.9. The molecular formula is C27H32N4O2. The number of nitrogens with one attached hydrogen (secondary N) is 2. The lowest BCUT2D eigenvalue weighted by atomic mass is 9.92. The zero-order valence-electron chi connectivity index (χ0n) is 19.6. The predicted molar refractivity (Wildman–Crippen MR) is 133 cm³/mol. The number of hydrogen-bond acceptors (Lipinski definition) is 3. The average Bonchev–Trinajstić information content (AvgIpc) is 3.10. The Morgan fingerprint density at radius 3 is 2.58 bits per heavy atom. The summed E-state index contributed by atoms with van der Waals surface area (Å²) in [5.41, 5.74) is 4.38. The van der Waals surface area contributed by atoms with Gasteiger partial charge in [-0.25, -0.2) is 4.79 Å². The van der Waals surface area contributed by atoms with Crippen molar-refractivity contribution < 1.29 is 9.53 Å². The van der Waals surface area contributed by atoms with E-state index in [2.05, 4.69) is 34.3 Å². The molecule has 1 aliphatic carbocycles. The van der Waals surface area contributed by atoms with Crippen LogP contribution in [-0.4, -0.2) is 23.2 Å². The van der Waals surface area contributed by atoms with Gasteiger partial charge < -0.3 is 19.9 Å². The van der Waals surface area contributed by atoms with E-state index in [1.807, 2.05) is 50.2 Å². The molecule has 33 heavy (non-hydrogen) atoms. The molecule has 0 spiro atoms. The quantitative estimate of drug-likeness (QED) is 0.410. The van der Waals surface area contributed by atoms with Crippen LogP contribution in [0.5, 0.6) is 5.75 Å². The maximum atomic E-state index is 12.2. The fourth-order valence-electron chi connectivity index (χ4n) is 4.23. The minimum Gasteiger partial charge on any atom is -0.494 e. The van der Waals surface area contributed by atoms with E-state index < -0.39 is 0 Å². The first-order valence-corrected chi connectivity index (χ1v) is 11.9. The van der Waals surface area contributed by atoms with Gasteiger partial charge in [-0.05, 0) is 68.9 Å². The number of carbonyl (C=O) groups excluding carboxylic acids is 1. The van der Waals surface area contributed by atoms with E-state index >= 15 is 0 Å². The van der Waals surface area contributed by atoms with Crippen molar-refractivity contribution in [1.82, 2.24) is 9.88 Å². The Morgan fingerprint density at radius 1 is 1.21 bits per heavy atom. The number of carbonyl (C=O) groups is 1. The third kappa shape index (κ3) is 4.68. The lowest BCUT2D eigenvalue weighted by molar-refractivity contribution is 0.249. The van der Waals surface area contributed by atoms with Crippen LogP contribution < -0.4 is 15.4 Å². The van der Waals surface area contributed by atoms with Crippen molar-refractivity contribution in [2.45, 2.75) is 65.0 Å². The second-order valence-electron chi connectivity index (χ2n) is 8.80. The molecule has 1 aliphatic rings. The number of anilines is 1. The maximum Gasteiger partial charge on any atom is 0.319 e. The highest BCUT2D eigenvalue weighted by molar-refractivity contribution is 5.96. The number of benzene rings is 2. The number of amides is 2. The van der Waals surface area contributed by atoms with Crippen LogP contribution in [0.25, 0.3) is 22.2 Å². The van der Waals surface area contributed by atoms with Gasteiger partial charge in [0.1, 0.15) is 11.8 Å². The number of rotatable bonds is 8. The van der Waals surface area contributed by atoms with Crippen LogP contribution in [0.15, 0.2) is 42.5 Å². The van der Waals surface area contributed by atoms with E-state index in [1.165, 1.54) is 6.42 Å². The van der Waals surface area contributed by atoms with E-state index in [0.29, 0.717) is 18.2 Å². The molecule has 4 rings (SSSR count). The number of aromatic nitrogens is 1. The van der Waals surface area contributed by atoms with Crippen molar-refractivity contribution in [2.75, 3.05) is 11.9 Å². The molecule has 172 valence electrons. The molecule has 6 nitrogen and oxygen atoms in total. The van der Waals surface area contributed by atoms with E-state index in [1.54, 1.807) is 0 Å². The van der Waals surface area contributed by atoms with Gasteiger partial charge in [-0.2, -0.15) is 5.26 Å². The van der Waals surface area contributed by atoms with Gasteiger partial charge in [0.05, 0.1) is 23.4 Å². The zero-order chi connectivity index (χ0) is 23.4. The fourth-order valence-corrected chi connectivity index (χ4v) is 4.23. The molecule has 2 aromatic carbocycles. The smallest absolute Gasteiger partial charge is 0.319 e. The first-order chi connectivity index (χ1) is 16.0. The molecule has 1 unspecified atom stereocenters. The lowest BCUT2D eigenvalue weighted by Crippen LogP contribution is -2.35. The van der Waals surface area contributed by atoms with Gasteiger partial charge in [-0.3, -0.25) is 0 Å². The highest BCUT2D eigenvalue weighted by atomic mass is 16.5. The summed E-state index contributed by atoms with van der Waals surface area (Å²) < 4.78 is 8.21. The number of nitrogens with zero attached hydrogens (tertiary/aromatic N) is 2. The van der Waals surface area contributed by atoms with Gasteiger partial charge in [-0.15, -0.1) is 0 Å². The highest BCUT2D eigenvalue weighted by Gasteiger charge is 2.28. The van der Waals surface area contributed by atoms with Crippen molar-refractivity contribution >= 4 is 22.6 Å². The summed E-state index contributed by atoms with van der Waals surface area (Å²) in [7, 11) is 0. The molecule has 6 heteroatoms. The highest BCUT2D eigenvalue weighted by Crippen LogP contribution is 2.43. The molecule has 1 aromatic heterocycles. The summed E-state index contributed by atoms with van der Waals surface area (Å²) in [4.78, 5) is 12.2. The minimum atomic E-state index is -0.210. The van der Waals surface area contributed by atoms with Crippen LogP contribution in [-0.2, 0) is 0 Å². The molecule has 1 heterocycles. The average molecular weight is 445 g/mol. The number of urea groups is 1. The summed E-state index contributed by atoms with van der Waals surface area (Å²) in [6.45, 7) is 6.78. The maximum absolute atomic E-state index is 12.2. The fraction of sp³-hybridized carbons (Fsp3) is 0.407. The summed E-state index contributed by atoms with van der Waals surface area (Å²) in [6, 6.07) is 16.5. The Bertz CT molecular complexity index is 1170. The molecule has 3 aromatic rings. The first-order valence-electron chi connectivity index (χ1n) is 11.9. The molecule has 2 N–H and O–H groups in total. The molecular weight excluding hydrogens is 412 g/mol. The van der Waals surface area contributed by atoms with Crippen LogP contribution in [0, 0.1) is 11.3 Å². The Kier molecular flexibility index (Phi) is 6.88. The molecule has 0 radical (unpaired) electrons. The van der Waals surface area contributed by atoms with Gasteiger partial charge in [0, 0.05) is 29.2 Å². The van der Waals surface area contributed by atoms with E-state index in [4.69, 9.17) is 4.74 Å². The van der Waals surface area contributed by atoms with Crippen molar-refractivity contribution in [3.05, 3.63) is 48.0 Å². The van der Waals surface area contributed by atoms with Crippen molar-refractivity contribution in [2.24, 2.45) is 0 Å². The molecule has 2 amide bonds. The Balaban J connectivity index is 1.72. The molecule has 0 aliphatic heterocycles. The van der Waals surface area contributed by atoms with Gasteiger partial charge in [-0.1, -0.05) is 26.0 Å². The third-order valence-electron chi connectivity index (χ3n) is 6.41. The number of fused-ring (bicyclic) bond motifs is 1. The SMILES string of the molecule is CCCOc1ccc2c(C#N)c(-c3ccc(NC(=O)NC(C)CC)cc3)n(C3CCC3)c2c1. The summed E-state index contributed by atoms with van der Waals surface area (Å²) in [5.74, 6) is 0.838. The Labute approximate surface area is 195 Å². The van der Waals surface area contributed by atoms with Crippen LogP contribution in [0.2, 0.25) is 0 Å².